The monoisotopic (exact) mass is 338 g/mol. The molecule has 0 unspecified atom stereocenters. The second kappa shape index (κ2) is 4.99. The largest absolute Gasteiger partial charge is 0.481 e. The highest BCUT2D eigenvalue weighted by molar-refractivity contribution is 9.10. The number of hydrogen-bond acceptors (Lipinski definition) is 3. The van der Waals surface area contributed by atoms with Crippen molar-refractivity contribution >= 4 is 27.7 Å². The molecule has 0 saturated carbocycles. The molecule has 2 rings (SSSR count). The van der Waals surface area contributed by atoms with Crippen molar-refractivity contribution in [3.63, 3.8) is 0 Å². The zero-order valence-electron chi connectivity index (χ0n) is 9.56. The van der Waals surface area contributed by atoms with Crippen LogP contribution in [0.1, 0.15) is 0 Å². The Balaban J connectivity index is 2.25. The van der Waals surface area contributed by atoms with Crippen molar-refractivity contribution in [3.05, 3.63) is 22.8 Å². The lowest BCUT2D eigenvalue weighted by Crippen LogP contribution is -2.33. The maximum Gasteiger partial charge on any atom is 0.394 e. The molecule has 1 aromatic rings. The van der Waals surface area contributed by atoms with Crippen LogP contribution in [0, 0.1) is 11.8 Å². The van der Waals surface area contributed by atoms with Crippen molar-refractivity contribution in [3.8, 4) is 0 Å². The van der Waals surface area contributed by atoms with Gasteiger partial charge in [0.05, 0.1) is 11.8 Å². The Hall–Kier alpha value is -1.31. The number of alkyl halides is 3. The summed E-state index contributed by atoms with van der Waals surface area (Å²) in [6, 6.07) is 3.22. The van der Waals surface area contributed by atoms with E-state index < -0.39 is 24.0 Å². The fourth-order valence-corrected chi connectivity index (χ4v) is 2.46. The smallest absolute Gasteiger partial charge is 0.394 e. The summed E-state index contributed by atoms with van der Waals surface area (Å²) in [4.78, 5) is 16.3. The molecule has 104 valence electrons. The first-order valence-electron chi connectivity index (χ1n) is 5.45. The van der Waals surface area contributed by atoms with E-state index in [0.29, 0.717) is 10.3 Å². The van der Waals surface area contributed by atoms with Crippen LogP contribution in [0.5, 0.6) is 0 Å². The second-order valence-electron chi connectivity index (χ2n) is 4.33. The van der Waals surface area contributed by atoms with Gasteiger partial charge in [-0.2, -0.15) is 13.2 Å². The first-order chi connectivity index (χ1) is 8.79. The summed E-state index contributed by atoms with van der Waals surface area (Å²) in [7, 11) is 0. The lowest BCUT2D eigenvalue weighted by atomic mass is 9.96. The minimum Gasteiger partial charge on any atom is -0.481 e. The third-order valence-corrected chi connectivity index (χ3v) is 3.58. The molecule has 0 amide bonds. The summed E-state index contributed by atoms with van der Waals surface area (Å²) in [5, 5.41) is 8.91. The average molecular weight is 339 g/mol. The van der Waals surface area contributed by atoms with Gasteiger partial charge in [0.15, 0.2) is 0 Å². The molecule has 1 fully saturated rings. The molecule has 19 heavy (non-hydrogen) atoms. The van der Waals surface area contributed by atoms with Crippen LogP contribution in [0.4, 0.5) is 19.0 Å². The molecule has 8 heteroatoms. The lowest BCUT2D eigenvalue weighted by Gasteiger charge is -2.18. The molecule has 0 radical (unpaired) electrons. The Labute approximate surface area is 115 Å². The van der Waals surface area contributed by atoms with Crippen molar-refractivity contribution in [1.82, 2.24) is 4.98 Å². The van der Waals surface area contributed by atoms with Crippen LogP contribution in [0.25, 0.3) is 0 Å². The number of carbonyl (C=O) groups is 1. The topological polar surface area (TPSA) is 53.4 Å². The van der Waals surface area contributed by atoms with Gasteiger partial charge in [-0.05, 0) is 12.1 Å². The second-order valence-corrected chi connectivity index (χ2v) is 5.25. The molecule has 1 aromatic heterocycles. The summed E-state index contributed by atoms with van der Waals surface area (Å²) in [5.74, 6) is -4.42. The van der Waals surface area contributed by atoms with Gasteiger partial charge < -0.3 is 10.0 Å². The fourth-order valence-electron chi connectivity index (χ4n) is 2.14. The standard InChI is InChI=1S/C11H10BrF3N2O2/c12-6-1-2-16-9(3-6)17-4-7(10(18)19)8(5-17)11(13,14)15/h1-3,7-8H,4-5H2,(H,18,19)/t7-,8-/m1/s1. The van der Waals surface area contributed by atoms with Crippen LogP contribution in [0.2, 0.25) is 0 Å². The number of hydrogen-bond donors (Lipinski definition) is 1. The van der Waals surface area contributed by atoms with Crippen molar-refractivity contribution < 1.29 is 23.1 Å². The molecule has 1 aliphatic rings. The zero-order valence-corrected chi connectivity index (χ0v) is 11.1. The molecule has 4 nitrogen and oxygen atoms in total. The molecule has 1 aliphatic heterocycles. The van der Waals surface area contributed by atoms with Crippen LogP contribution < -0.4 is 4.90 Å². The normalized spacial score (nSPS) is 23.7. The highest BCUT2D eigenvalue weighted by Gasteiger charge is 2.52. The number of aliphatic carboxylic acids is 1. The maximum atomic E-state index is 12.8. The number of nitrogens with zero attached hydrogens (tertiary/aromatic N) is 2. The molecule has 0 bridgehead atoms. The Morgan fingerprint density at radius 2 is 2.16 bits per heavy atom. The van der Waals surface area contributed by atoms with Gasteiger partial charge in [-0.15, -0.1) is 0 Å². The van der Waals surface area contributed by atoms with E-state index in [1.54, 1.807) is 12.1 Å². The molecule has 0 spiro atoms. The molecule has 2 atom stereocenters. The van der Waals surface area contributed by atoms with Crippen LogP contribution in [0.15, 0.2) is 22.8 Å². The Bertz CT molecular complexity index is 495. The number of pyridine rings is 1. The number of aromatic nitrogens is 1. The fraction of sp³-hybridized carbons (Fsp3) is 0.455. The van der Waals surface area contributed by atoms with E-state index in [2.05, 4.69) is 20.9 Å². The molecule has 0 aromatic carbocycles. The summed E-state index contributed by atoms with van der Waals surface area (Å²) in [5.41, 5.74) is 0. The van der Waals surface area contributed by atoms with E-state index in [9.17, 15) is 18.0 Å². The van der Waals surface area contributed by atoms with E-state index in [1.807, 2.05) is 0 Å². The quantitative estimate of drug-likeness (QED) is 0.900. The first-order valence-corrected chi connectivity index (χ1v) is 6.24. The number of anilines is 1. The van der Waals surface area contributed by atoms with Gasteiger partial charge in [-0.1, -0.05) is 15.9 Å². The average Bonchev–Trinajstić information content (AvgIpc) is 2.73. The number of rotatable bonds is 2. The SMILES string of the molecule is O=C(O)[C@@H]1CN(c2cc(Br)ccn2)C[C@H]1C(F)(F)F. The van der Waals surface area contributed by atoms with Gasteiger partial charge in [0.1, 0.15) is 5.82 Å². The molecule has 1 saturated heterocycles. The highest BCUT2D eigenvalue weighted by Crippen LogP contribution is 2.39. The summed E-state index contributed by atoms with van der Waals surface area (Å²) in [6.45, 7) is -0.577. The van der Waals surface area contributed by atoms with E-state index in [1.165, 1.54) is 11.1 Å². The van der Waals surface area contributed by atoms with Crippen molar-refractivity contribution in [2.45, 2.75) is 6.18 Å². The predicted molar refractivity (Wildman–Crippen MR) is 64.8 cm³/mol. The van der Waals surface area contributed by atoms with E-state index in [0.717, 1.165) is 0 Å². The van der Waals surface area contributed by atoms with Crippen molar-refractivity contribution in [2.24, 2.45) is 11.8 Å². The van der Waals surface area contributed by atoms with Gasteiger partial charge in [-0.25, -0.2) is 4.98 Å². The first kappa shape index (κ1) is 14.1. The Morgan fingerprint density at radius 1 is 1.47 bits per heavy atom. The van der Waals surface area contributed by atoms with Gasteiger partial charge in [-0.3, -0.25) is 4.79 Å². The molecule has 0 aliphatic carbocycles. The summed E-state index contributed by atoms with van der Waals surface area (Å²) >= 11 is 3.20. The highest BCUT2D eigenvalue weighted by atomic mass is 79.9. The molecular weight excluding hydrogens is 329 g/mol. The molecular formula is C11H10BrF3N2O2. The summed E-state index contributed by atoms with van der Waals surface area (Å²) < 4.78 is 39.1. The van der Waals surface area contributed by atoms with Gasteiger partial charge in [0.25, 0.3) is 0 Å². The van der Waals surface area contributed by atoms with Crippen molar-refractivity contribution in [1.29, 1.82) is 0 Å². The van der Waals surface area contributed by atoms with Gasteiger partial charge in [0.2, 0.25) is 0 Å². The van der Waals surface area contributed by atoms with Crippen LogP contribution in [-0.4, -0.2) is 35.3 Å². The maximum absolute atomic E-state index is 12.8. The third-order valence-electron chi connectivity index (χ3n) is 3.09. The minimum absolute atomic E-state index is 0.192. The number of carboxylic acids is 1. The van der Waals surface area contributed by atoms with Crippen LogP contribution >= 0.6 is 15.9 Å². The van der Waals surface area contributed by atoms with Crippen molar-refractivity contribution in [2.75, 3.05) is 18.0 Å². The lowest BCUT2D eigenvalue weighted by molar-refractivity contribution is -0.187. The Morgan fingerprint density at radius 3 is 2.63 bits per heavy atom. The predicted octanol–water partition coefficient (Wildman–Crippen LogP) is 2.54. The van der Waals surface area contributed by atoms with Crippen LogP contribution in [-0.2, 0) is 4.79 Å². The van der Waals surface area contributed by atoms with Crippen LogP contribution in [0.3, 0.4) is 0 Å². The minimum atomic E-state index is -4.52. The summed E-state index contributed by atoms with van der Waals surface area (Å²) in [6.07, 6.45) is -3.07. The number of halogens is 4. The number of carboxylic acid groups (broad SMARTS) is 1. The van der Waals surface area contributed by atoms with Gasteiger partial charge >= 0.3 is 12.1 Å². The van der Waals surface area contributed by atoms with E-state index in [-0.39, 0.29) is 13.1 Å². The third kappa shape index (κ3) is 2.99. The van der Waals surface area contributed by atoms with E-state index >= 15 is 0 Å². The molecule has 2 heterocycles. The molecule has 1 N–H and O–H groups in total. The van der Waals surface area contributed by atoms with E-state index in [4.69, 9.17) is 5.11 Å². The Kier molecular flexibility index (Phi) is 3.71. The zero-order chi connectivity index (χ0) is 14.2. The van der Waals surface area contributed by atoms with Gasteiger partial charge in [0, 0.05) is 23.8 Å².